The third-order valence-electron chi connectivity index (χ3n) is 4.18. The molecule has 0 bridgehead atoms. The predicted molar refractivity (Wildman–Crippen MR) is 107 cm³/mol. The van der Waals surface area contributed by atoms with E-state index in [2.05, 4.69) is 10.5 Å². The summed E-state index contributed by atoms with van der Waals surface area (Å²) >= 11 is 0.415. The third kappa shape index (κ3) is 4.75. The van der Waals surface area contributed by atoms with Crippen molar-refractivity contribution >= 4 is 44.6 Å². The Morgan fingerprint density at radius 2 is 1.88 bits per heavy atom. The minimum atomic E-state index is -4.97. The highest BCUT2D eigenvalue weighted by Crippen LogP contribution is 2.38. The quantitative estimate of drug-likeness (QED) is 0.473. The second kappa shape index (κ2) is 8.27. The van der Waals surface area contributed by atoms with E-state index in [0.29, 0.717) is 17.4 Å². The molecule has 1 aromatic carbocycles. The maximum atomic E-state index is 13.6. The van der Waals surface area contributed by atoms with Crippen LogP contribution < -0.4 is 10.0 Å². The number of amides is 1. The highest BCUT2D eigenvalue weighted by Gasteiger charge is 2.35. The smallest absolute Gasteiger partial charge is 0.418 e. The third-order valence-corrected chi connectivity index (χ3v) is 7.24. The van der Waals surface area contributed by atoms with Gasteiger partial charge in [0.05, 0.1) is 17.4 Å². The van der Waals surface area contributed by atoms with Crippen LogP contribution in [0.25, 0.3) is 0 Å². The van der Waals surface area contributed by atoms with Crippen molar-refractivity contribution in [1.29, 1.82) is 0 Å². The maximum absolute atomic E-state index is 13.6. The average molecular weight is 489 g/mol. The fourth-order valence-electron chi connectivity index (χ4n) is 2.65. The lowest BCUT2D eigenvalue weighted by Crippen LogP contribution is -2.18. The number of carboxylic acid groups (broad SMARTS) is 1. The molecule has 1 amide bonds. The lowest BCUT2D eigenvalue weighted by atomic mass is 10.1. The van der Waals surface area contributed by atoms with Gasteiger partial charge < -0.3 is 14.9 Å². The standard InChI is InChI=1S/C18H14F3N3O6S2/c1-8-5-14(31-15(8)17(26)27)32(28,29)24-13-4-3-10(6-12(13)18(19,20)21)23-16(25)11-7-22-30-9(11)2/h3-7,24H,1-2H3,(H,23,25)(H,26,27). The maximum Gasteiger partial charge on any atom is 0.418 e. The number of aryl methyl sites for hydroxylation is 2. The van der Waals surface area contributed by atoms with Crippen LogP contribution in [0.2, 0.25) is 0 Å². The van der Waals surface area contributed by atoms with Gasteiger partial charge in [0.25, 0.3) is 15.9 Å². The van der Waals surface area contributed by atoms with E-state index in [1.165, 1.54) is 13.8 Å². The molecule has 32 heavy (non-hydrogen) atoms. The molecule has 0 fully saturated rings. The molecule has 0 unspecified atom stereocenters. The number of carbonyl (C=O) groups excluding carboxylic acids is 1. The summed E-state index contributed by atoms with van der Waals surface area (Å²) in [7, 11) is -4.51. The summed E-state index contributed by atoms with van der Waals surface area (Å²) in [4.78, 5) is 23.1. The van der Waals surface area contributed by atoms with Gasteiger partial charge in [-0.25, -0.2) is 13.2 Å². The summed E-state index contributed by atoms with van der Waals surface area (Å²) < 4.78 is 72.1. The van der Waals surface area contributed by atoms with E-state index in [0.717, 1.165) is 24.4 Å². The first-order valence-electron chi connectivity index (χ1n) is 8.60. The zero-order valence-electron chi connectivity index (χ0n) is 16.3. The first-order chi connectivity index (χ1) is 14.8. The fourth-order valence-corrected chi connectivity index (χ4v) is 5.11. The number of hydrogen-bond acceptors (Lipinski definition) is 7. The Morgan fingerprint density at radius 3 is 2.41 bits per heavy atom. The van der Waals surface area contributed by atoms with Gasteiger partial charge in [-0.3, -0.25) is 9.52 Å². The molecule has 0 atom stereocenters. The van der Waals surface area contributed by atoms with Crippen molar-refractivity contribution in [2.45, 2.75) is 24.2 Å². The number of benzene rings is 1. The molecule has 14 heteroatoms. The van der Waals surface area contributed by atoms with E-state index in [-0.39, 0.29) is 27.5 Å². The molecule has 0 aliphatic heterocycles. The van der Waals surface area contributed by atoms with Gasteiger partial charge in [-0.2, -0.15) is 13.2 Å². The Hall–Kier alpha value is -3.39. The van der Waals surface area contributed by atoms with Gasteiger partial charge in [0.2, 0.25) is 0 Å². The van der Waals surface area contributed by atoms with Crippen molar-refractivity contribution in [2.24, 2.45) is 0 Å². The molecule has 9 nitrogen and oxygen atoms in total. The van der Waals surface area contributed by atoms with Crippen LogP contribution in [0.15, 0.2) is 39.2 Å². The van der Waals surface area contributed by atoms with E-state index >= 15 is 0 Å². The molecule has 0 radical (unpaired) electrons. The molecule has 0 saturated heterocycles. The van der Waals surface area contributed by atoms with Crippen molar-refractivity contribution in [3.05, 3.63) is 57.8 Å². The Kier molecular flexibility index (Phi) is 6.02. The number of thiophene rings is 1. The number of alkyl halides is 3. The van der Waals surface area contributed by atoms with Crippen LogP contribution in [0, 0.1) is 13.8 Å². The highest BCUT2D eigenvalue weighted by molar-refractivity contribution is 7.94. The topological polar surface area (TPSA) is 139 Å². The zero-order chi connectivity index (χ0) is 23.8. The van der Waals surface area contributed by atoms with E-state index in [1.807, 2.05) is 4.72 Å². The molecule has 2 aromatic heterocycles. The molecule has 2 heterocycles. The molecule has 0 aliphatic rings. The summed E-state index contributed by atoms with van der Waals surface area (Å²) in [5.74, 6) is -1.96. The number of sulfonamides is 1. The Balaban J connectivity index is 1.94. The molecule has 3 aromatic rings. The number of rotatable bonds is 6. The molecule has 3 N–H and O–H groups in total. The lowest BCUT2D eigenvalue weighted by molar-refractivity contribution is -0.136. The van der Waals surface area contributed by atoms with Crippen LogP contribution in [-0.4, -0.2) is 30.6 Å². The van der Waals surface area contributed by atoms with Crippen molar-refractivity contribution in [2.75, 3.05) is 10.0 Å². The number of nitrogens with zero attached hydrogens (tertiary/aromatic N) is 1. The van der Waals surface area contributed by atoms with Crippen LogP contribution in [0.3, 0.4) is 0 Å². The number of carbonyl (C=O) groups is 2. The predicted octanol–water partition coefficient (Wildman–Crippen LogP) is 4.12. The first-order valence-corrected chi connectivity index (χ1v) is 10.9. The Labute approximate surface area is 182 Å². The summed E-state index contributed by atoms with van der Waals surface area (Å²) in [6.07, 6.45) is -3.87. The number of aromatic carboxylic acids is 1. The number of nitrogens with one attached hydrogen (secondary N) is 2. The first kappa shape index (κ1) is 23.3. The van der Waals surface area contributed by atoms with Crippen LogP contribution in [0.1, 0.15) is 36.9 Å². The minimum absolute atomic E-state index is 0.0191. The van der Waals surface area contributed by atoms with Crippen LogP contribution in [-0.2, 0) is 16.2 Å². The van der Waals surface area contributed by atoms with Gasteiger partial charge in [0.1, 0.15) is 20.4 Å². The lowest BCUT2D eigenvalue weighted by Gasteiger charge is -2.16. The van der Waals surface area contributed by atoms with Crippen molar-refractivity contribution in [1.82, 2.24) is 5.16 Å². The number of hydrogen-bond donors (Lipinski definition) is 3. The summed E-state index contributed by atoms with van der Waals surface area (Å²) in [5.41, 5.74) is -2.22. The van der Waals surface area contributed by atoms with E-state index < -0.39 is 43.5 Å². The number of anilines is 2. The summed E-state index contributed by atoms with van der Waals surface area (Å²) in [5, 5.41) is 14.8. The highest BCUT2D eigenvalue weighted by atomic mass is 32.2. The average Bonchev–Trinajstić information content (AvgIpc) is 3.28. The second-order valence-corrected chi connectivity index (χ2v) is 9.46. The van der Waals surface area contributed by atoms with Gasteiger partial charge in [-0.15, -0.1) is 11.3 Å². The van der Waals surface area contributed by atoms with Crippen molar-refractivity contribution < 1.29 is 40.8 Å². The molecular weight excluding hydrogens is 475 g/mol. The second-order valence-electron chi connectivity index (χ2n) is 6.50. The van der Waals surface area contributed by atoms with Crippen molar-refractivity contribution in [3.63, 3.8) is 0 Å². The van der Waals surface area contributed by atoms with E-state index in [1.54, 1.807) is 0 Å². The Bertz CT molecular complexity index is 1310. The number of carboxylic acids is 1. The van der Waals surface area contributed by atoms with Crippen LogP contribution in [0.4, 0.5) is 24.5 Å². The fraction of sp³-hybridized carbons (Fsp3) is 0.167. The van der Waals surface area contributed by atoms with Crippen LogP contribution in [0.5, 0.6) is 0 Å². The van der Waals surface area contributed by atoms with Gasteiger partial charge in [-0.1, -0.05) is 5.16 Å². The van der Waals surface area contributed by atoms with E-state index in [9.17, 15) is 31.2 Å². The molecular formula is C18H14F3N3O6S2. The van der Waals surface area contributed by atoms with Crippen LogP contribution >= 0.6 is 11.3 Å². The van der Waals surface area contributed by atoms with E-state index in [4.69, 9.17) is 9.63 Å². The van der Waals surface area contributed by atoms with Crippen molar-refractivity contribution in [3.8, 4) is 0 Å². The monoisotopic (exact) mass is 489 g/mol. The SMILES string of the molecule is Cc1cc(S(=O)(=O)Nc2ccc(NC(=O)c3cnoc3C)cc2C(F)(F)F)sc1C(=O)O. The largest absolute Gasteiger partial charge is 0.477 e. The molecule has 0 saturated carbocycles. The van der Waals surface area contributed by atoms with Gasteiger partial charge >= 0.3 is 12.1 Å². The molecule has 0 spiro atoms. The Morgan fingerprint density at radius 1 is 1.19 bits per heavy atom. The number of aromatic nitrogens is 1. The van der Waals surface area contributed by atoms with Gasteiger partial charge in [-0.05, 0) is 43.7 Å². The summed E-state index contributed by atoms with van der Waals surface area (Å²) in [6, 6.07) is 3.55. The van der Waals surface area contributed by atoms with Gasteiger partial charge in [0, 0.05) is 5.69 Å². The number of halogens is 3. The normalized spacial score (nSPS) is 11.9. The zero-order valence-corrected chi connectivity index (χ0v) is 17.9. The van der Waals surface area contributed by atoms with Gasteiger partial charge in [0.15, 0.2) is 0 Å². The summed E-state index contributed by atoms with van der Waals surface area (Å²) in [6.45, 7) is 2.82. The molecule has 0 aliphatic carbocycles. The molecule has 170 valence electrons. The minimum Gasteiger partial charge on any atom is -0.477 e. The molecule has 3 rings (SSSR count).